The van der Waals surface area contributed by atoms with E-state index in [1.54, 1.807) is 12.1 Å². The summed E-state index contributed by atoms with van der Waals surface area (Å²) >= 11 is 5.78. The topological polar surface area (TPSA) is 63.2 Å². The van der Waals surface area contributed by atoms with Gasteiger partial charge in [0.25, 0.3) is 0 Å². The highest BCUT2D eigenvalue weighted by molar-refractivity contribution is 7.91. The van der Waals surface area contributed by atoms with E-state index in [0.717, 1.165) is 16.5 Å². The summed E-state index contributed by atoms with van der Waals surface area (Å²) in [6.07, 6.45) is 0.387. The van der Waals surface area contributed by atoms with E-state index in [9.17, 15) is 13.2 Å². The molecule has 0 saturated heterocycles. The molecule has 6 heteroatoms. The van der Waals surface area contributed by atoms with E-state index < -0.39 is 9.84 Å². The average molecular weight is 388 g/mol. The van der Waals surface area contributed by atoms with Crippen LogP contribution in [-0.4, -0.2) is 20.1 Å². The zero-order chi connectivity index (χ0) is 18.6. The quantitative estimate of drug-likeness (QED) is 0.667. The summed E-state index contributed by atoms with van der Waals surface area (Å²) in [4.78, 5) is 12.4. The van der Waals surface area contributed by atoms with Crippen molar-refractivity contribution in [1.29, 1.82) is 0 Å². The summed E-state index contributed by atoms with van der Waals surface area (Å²) in [6, 6.07) is 19.5. The van der Waals surface area contributed by atoms with Crippen molar-refractivity contribution in [1.82, 2.24) is 0 Å². The molecule has 0 bridgehead atoms. The van der Waals surface area contributed by atoms with Gasteiger partial charge >= 0.3 is 0 Å². The summed E-state index contributed by atoms with van der Waals surface area (Å²) in [5, 5.41) is 5.35. The molecular weight excluding hydrogens is 370 g/mol. The standard InChI is InChI=1S/C20H18ClNO3S/c21-16-10-12-17(13-11-16)26(24,25)14-4-9-20(23)22-19-8-3-6-15-5-1-2-7-18(15)19/h1-3,5-8,10-13H,4,9,14H2,(H,22,23). The molecule has 0 aromatic heterocycles. The second-order valence-electron chi connectivity index (χ2n) is 5.95. The fourth-order valence-electron chi connectivity index (χ4n) is 2.73. The van der Waals surface area contributed by atoms with Gasteiger partial charge in [-0.2, -0.15) is 0 Å². The first-order valence-corrected chi connectivity index (χ1v) is 10.2. The van der Waals surface area contributed by atoms with Gasteiger partial charge in [0.1, 0.15) is 0 Å². The largest absolute Gasteiger partial charge is 0.326 e. The lowest BCUT2D eigenvalue weighted by atomic mass is 10.1. The minimum Gasteiger partial charge on any atom is -0.326 e. The molecule has 0 aliphatic heterocycles. The Balaban J connectivity index is 1.60. The Morgan fingerprint density at radius 1 is 0.923 bits per heavy atom. The SMILES string of the molecule is O=C(CCCS(=O)(=O)c1ccc(Cl)cc1)Nc1cccc2ccccc12. The van der Waals surface area contributed by atoms with Crippen molar-refractivity contribution in [3.05, 3.63) is 71.8 Å². The molecule has 1 N–H and O–H groups in total. The van der Waals surface area contributed by atoms with Crippen LogP contribution in [0.4, 0.5) is 5.69 Å². The van der Waals surface area contributed by atoms with Crippen LogP contribution in [0.5, 0.6) is 0 Å². The van der Waals surface area contributed by atoms with Crippen LogP contribution in [0.15, 0.2) is 71.6 Å². The average Bonchev–Trinajstić information content (AvgIpc) is 2.62. The maximum absolute atomic E-state index is 12.3. The first kappa shape index (κ1) is 18.4. The fourth-order valence-corrected chi connectivity index (χ4v) is 4.17. The van der Waals surface area contributed by atoms with Gasteiger partial charge < -0.3 is 5.32 Å². The van der Waals surface area contributed by atoms with Crippen molar-refractivity contribution in [2.45, 2.75) is 17.7 Å². The number of carbonyl (C=O) groups is 1. The van der Waals surface area contributed by atoms with E-state index >= 15 is 0 Å². The van der Waals surface area contributed by atoms with Crippen molar-refractivity contribution < 1.29 is 13.2 Å². The molecular formula is C20H18ClNO3S. The Morgan fingerprint density at radius 3 is 2.38 bits per heavy atom. The molecule has 1 amide bonds. The predicted molar refractivity (Wildman–Crippen MR) is 105 cm³/mol. The lowest BCUT2D eigenvalue weighted by Crippen LogP contribution is -2.14. The molecule has 134 valence electrons. The Hall–Kier alpha value is -2.37. The molecule has 0 spiro atoms. The van der Waals surface area contributed by atoms with Crippen LogP contribution < -0.4 is 5.32 Å². The summed E-state index contributed by atoms with van der Waals surface area (Å²) < 4.78 is 24.6. The van der Waals surface area contributed by atoms with Crippen LogP contribution in [0.1, 0.15) is 12.8 Å². The predicted octanol–water partition coefficient (Wildman–Crippen LogP) is 4.69. The third kappa shape index (κ3) is 4.42. The molecule has 3 aromatic rings. The van der Waals surface area contributed by atoms with E-state index in [4.69, 9.17) is 11.6 Å². The van der Waals surface area contributed by atoms with Gasteiger partial charge in [0, 0.05) is 22.5 Å². The maximum Gasteiger partial charge on any atom is 0.224 e. The van der Waals surface area contributed by atoms with Gasteiger partial charge in [-0.25, -0.2) is 8.42 Å². The van der Waals surface area contributed by atoms with Crippen LogP contribution in [0.2, 0.25) is 5.02 Å². The third-order valence-corrected chi connectivity index (χ3v) is 6.12. The third-order valence-electron chi connectivity index (χ3n) is 4.05. The number of hydrogen-bond donors (Lipinski definition) is 1. The Morgan fingerprint density at radius 2 is 1.62 bits per heavy atom. The molecule has 0 heterocycles. The van der Waals surface area contributed by atoms with Gasteiger partial charge in [-0.05, 0) is 42.1 Å². The normalized spacial score (nSPS) is 11.4. The lowest BCUT2D eigenvalue weighted by Gasteiger charge is -2.09. The lowest BCUT2D eigenvalue weighted by molar-refractivity contribution is -0.116. The van der Waals surface area contributed by atoms with Crippen molar-refractivity contribution in [2.24, 2.45) is 0 Å². The molecule has 3 rings (SSSR count). The molecule has 0 atom stereocenters. The highest BCUT2D eigenvalue weighted by atomic mass is 35.5. The van der Waals surface area contributed by atoms with Crippen LogP contribution in [-0.2, 0) is 14.6 Å². The van der Waals surface area contributed by atoms with Crippen molar-refractivity contribution in [2.75, 3.05) is 11.1 Å². The van der Waals surface area contributed by atoms with Gasteiger partial charge in [0.05, 0.1) is 10.6 Å². The van der Waals surface area contributed by atoms with Crippen LogP contribution >= 0.6 is 11.6 Å². The number of rotatable bonds is 6. The van der Waals surface area contributed by atoms with Gasteiger partial charge in [-0.3, -0.25) is 4.79 Å². The zero-order valence-corrected chi connectivity index (χ0v) is 15.6. The van der Waals surface area contributed by atoms with E-state index in [-0.39, 0.29) is 29.4 Å². The fraction of sp³-hybridized carbons (Fsp3) is 0.150. The minimum atomic E-state index is -3.42. The number of anilines is 1. The van der Waals surface area contributed by atoms with Gasteiger partial charge in [0.2, 0.25) is 5.91 Å². The number of fused-ring (bicyclic) bond motifs is 1. The molecule has 3 aromatic carbocycles. The van der Waals surface area contributed by atoms with E-state index in [1.807, 2.05) is 42.5 Å². The molecule has 0 aliphatic carbocycles. The van der Waals surface area contributed by atoms with E-state index in [2.05, 4.69) is 5.32 Å². The molecule has 0 fully saturated rings. The van der Waals surface area contributed by atoms with Crippen molar-refractivity contribution >= 4 is 43.8 Å². The summed E-state index contributed by atoms with van der Waals surface area (Å²) in [6.45, 7) is 0. The second-order valence-corrected chi connectivity index (χ2v) is 8.50. The van der Waals surface area contributed by atoms with Crippen LogP contribution in [0.25, 0.3) is 10.8 Å². The molecule has 26 heavy (non-hydrogen) atoms. The van der Waals surface area contributed by atoms with Crippen molar-refractivity contribution in [3.63, 3.8) is 0 Å². The smallest absolute Gasteiger partial charge is 0.224 e. The minimum absolute atomic E-state index is 0.0857. The number of benzene rings is 3. The summed E-state index contributed by atoms with van der Waals surface area (Å²) in [5.74, 6) is -0.287. The number of carbonyl (C=O) groups excluding carboxylic acids is 1. The molecule has 0 aliphatic rings. The molecule has 0 saturated carbocycles. The van der Waals surface area contributed by atoms with E-state index in [1.165, 1.54) is 12.1 Å². The second kappa shape index (κ2) is 7.89. The summed E-state index contributed by atoms with van der Waals surface area (Å²) in [7, 11) is -3.42. The van der Waals surface area contributed by atoms with Crippen molar-refractivity contribution in [3.8, 4) is 0 Å². The van der Waals surface area contributed by atoms with Gasteiger partial charge in [0.15, 0.2) is 9.84 Å². The number of halogens is 1. The highest BCUT2D eigenvalue weighted by Gasteiger charge is 2.15. The number of hydrogen-bond acceptors (Lipinski definition) is 3. The van der Waals surface area contributed by atoms with Crippen LogP contribution in [0, 0.1) is 0 Å². The van der Waals surface area contributed by atoms with Gasteiger partial charge in [-0.1, -0.05) is 48.0 Å². The van der Waals surface area contributed by atoms with E-state index in [0.29, 0.717) is 5.02 Å². The zero-order valence-electron chi connectivity index (χ0n) is 14.0. The highest BCUT2D eigenvalue weighted by Crippen LogP contribution is 2.23. The first-order valence-electron chi connectivity index (χ1n) is 8.22. The first-order chi connectivity index (χ1) is 12.5. The molecule has 4 nitrogen and oxygen atoms in total. The summed E-state index contributed by atoms with van der Waals surface area (Å²) in [5.41, 5.74) is 0.730. The Kier molecular flexibility index (Phi) is 5.59. The Bertz CT molecular complexity index is 1030. The van der Waals surface area contributed by atoms with Crippen LogP contribution in [0.3, 0.4) is 0 Å². The van der Waals surface area contributed by atoms with Gasteiger partial charge in [-0.15, -0.1) is 0 Å². The molecule has 0 radical (unpaired) electrons. The monoisotopic (exact) mass is 387 g/mol. The molecule has 0 unspecified atom stereocenters. The maximum atomic E-state index is 12.3. The number of sulfone groups is 1. The number of amides is 1. The Labute approximate surface area is 157 Å². The number of nitrogens with one attached hydrogen (secondary N) is 1.